The van der Waals surface area contributed by atoms with Gasteiger partial charge in [-0.1, -0.05) is 0 Å². The number of nitrogens with one attached hydrogen (secondary N) is 1. The average molecular weight is 262 g/mol. The van der Waals surface area contributed by atoms with Crippen LogP contribution in [0.15, 0.2) is 29.4 Å². The third-order valence-corrected chi connectivity index (χ3v) is 2.95. The van der Waals surface area contributed by atoms with Gasteiger partial charge in [-0.15, -0.1) is 0 Å². The molecule has 0 radical (unpaired) electrons. The first kappa shape index (κ1) is 13.4. The maximum Gasteiger partial charge on any atom is 0.277 e. The Labute approximate surface area is 112 Å². The summed E-state index contributed by atoms with van der Waals surface area (Å²) in [6, 6.07) is 7.07. The van der Waals surface area contributed by atoms with Gasteiger partial charge in [-0.3, -0.25) is 4.79 Å². The molecule has 2 rings (SSSR count). The Bertz CT molecular complexity index is 464. The molecule has 1 amide bonds. The van der Waals surface area contributed by atoms with Crippen molar-refractivity contribution in [1.82, 2.24) is 5.43 Å². The summed E-state index contributed by atoms with van der Waals surface area (Å²) in [6.45, 7) is 1.88. The van der Waals surface area contributed by atoms with Gasteiger partial charge in [-0.25, -0.2) is 5.43 Å². The monoisotopic (exact) mass is 262 g/mol. The topological polar surface area (TPSA) is 59.9 Å². The van der Waals surface area contributed by atoms with Crippen molar-refractivity contribution in [3.63, 3.8) is 0 Å². The van der Waals surface area contributed by atoms with Crippen LogP contribution in [-0.2, 0) is 4.79 Å². The highest BCUT2D eigenvalue weighted by Crippen LogP contribution is 2.30. The molecule has 0 bridgehead atoms. The van der Waals surface area contributed by atoms with Crippen LogP contribution in [0.5, 0.6) is 11.5 Å². The Morgan fingerprint density at radius 3 is 2.53 bits per heavy atom. The normalized spacial score (nSPS) is 14.9. The Kier molecular flexibility index (Phi) is 4.39. The molecule has 1 aromatic carbocycles. The molecule has 0 unspecified atom stereocenters. The zero-order chi connectivity index (χ0) is 13.7. The number of methoxy groups -OCH3 is 1. The number of nitrogens with zero attached hydrogens (tertiary/aromatic N) is 1. The molecule has 1 N–H and O–H groups in total. The fourth-order valence-corrected chi connectivity index (χ4v) is 1.60. The summed E-state index contributed by atoms with van der Waals surface area (Å²) >= 11 is 0. The largest absolute Gasteiger partial charge is 0.497 e. The summed E-state index contributed by atoms with van der Waals surface area (Å²) in [6.07, 6.45) is 2.35. The van der Waals surface area contributed by atoms with Crippen molar-refractivity contribution in [3.05, 3.63) is 24.3 Å². The van der Waals surface area contributed by atoms with Gasteiger partial charge in [0.2, 0.25) is 0 Å². The second-order valence-electron chi connectivity index (χ2n) is 4.53. The maximum atomic E-state index is 11.5. The molecular weight excluding hydrogens is 244 g/mol. The molecular formula is C14H18N2O3. The van der Waals surface area contributed by atoms with Gasteiger partial charge in [0.25, 0.3) is 5.91 Å². The molecule has 1 aliphatic rings. The molecule has 19 heavy (non-hydrogen) atoms. The first-order chi connectivity index (χ1) is 9.19. The van der Waals surface area contributed by atoms with Crippen molar-refractivity contribution in [2.45, 2.75) is 19.8 Å². The number of amides is 1. The zero-order valence-electron chi connectivity index (χ0n) is 11.2. The van der Waals surface area contributed by atoms with Gasteiger partial charge in [0.1, 0.15) is 11.5 Å². The predicted octanol–water partition coefficient (Wildman–Crippen LogP) is 1.98. The van der Waals surface area contributed by atoms with Gasteiger partial charge in [-0.05, 0) is 49.9 Å². The van der Waals surface area contributed by atoms with Gasteiger partial charge in [-0.2, -0.15) is 5.10 Å². The lowest BCUT2D eigenvalue weighted by Crippen LogP contribution is -2.25. The van der Waals surface area contributed by atoms with E-state index in [4.69, 9.17) is 9.47 Å². The molecule has 0 saturated heterocycles. The average Bonchev–Trinajstić information content (AvgIpc) is 3.27. The number of hydrazone groups is 1. The third-order valence-electron chi connectivity index (χ3n) is 2.95. The van der Waals surface area contributed by atoms with E-state index in [0.29, 0.717) is 11.7 Å². The Morgan fingerprint density at radius 2 is 1.95 bits per heavy atom. The van der Waals surface area contributed by atoms with Crippen molar-refractivity contribution in [2.24, 2.45) is 11.0 Å². The number of hydrogen-bond acceptors (Lipinski definition) is 4. The van der Waals surface area contributed by atoms with Crippen molar-refractivity contribution >= 4 is 11.6 Å². The van der Waals surface area contributed by atoms with Gasteiger partial charge in [0.05, 0.1) is 7.11 Å². The van der Waals surface area contributed by atoms with E-state index in [0.717, 1.165) is 11.5 Å². The number of ether oxygens (including phenoxy) is 2. The van der Waals surface area contributed by atoms with Crippen LogP contribution in [0.25, 0.3) is 0 Å². The smallest absolute Gasteiger partial charge is 0.277 e. The second kappa shape index (κ2) is 6.22. The van der Waals surface area contributed by atoms with Crippen LogP contribution < -0.4 is 14.9 Å². The van der Waals surface area contributed by atoms with E-state index >= 15 is 0 Å². The van der Waals surface area contributed by atoms with Crippen LogP contribution in [0, 0.1) is 5.92 Å². The van der Waals surface area contributed by atoms with E-state index in [2.05, 4.69) is 10.5 Å². The highest BCUT2D eigenvalue weighted by Gasteiger charge is 2.24. The minimum Gasteiger partial charge on any atom is -0.497 e. The van der Waals surface area contributed by atoms with Crippen LogP contribution in [-0.4, -0.2) is 25.3 Å². The summed E-state index contributed by atoms with van der Waals surface area (Å²) in [7, 11) is 1.60. The number of hydrogen-bond donors (Lipinski definition) is 1. The molecule has 0 heterocycles. The van der Waals surface area contributed by atoms with Crippen LogP contribution in [0.4, 0.5) is 0 Å². The molecule has 1 aliphatic carbocycles. The van der Waals surface area contributed by atoms with E-state index in [9.17, 15) is 4.79 Å². The van der Waals surface area contributed by atoms with Crippen LogP contribution in [0.3, 0.4) is 0 Å². The third kappa shape index (κ3) is 4.28. The summed E-state index contributed by atoms with van der Waals surface area (Å²) in [5.41, 5.74) is 3.48. The Balaban J connectivity index is 1.74. The maximum absolute atomic E-state index is 11.5. The zero-order valence-corrected chi connectivity index (χ0v) is 11.2. The van der Waals surface area contributed by atoms with Crippen molar-refractivity contribution in [3.8, 4) is 11.5 Å². The van der Waals surface area contributed by atoms with E-state index < -0.39 is 0 Å². The number of carbonyl (C=O) groups excluding carboxylic acids is 1. The quantitative estimate of drug-likeness (QED) is 0.630. The summed E-state index contributed by atoms with van der Waals surface area (Å²) < 4.78 is 10.4. The minimum atomic E-state index is -0.254. The molecule has 1 aromatic rings. The molecule has 1 fully saturated rings. The highest BCUT2D eigenvalue weighted by atomic mass is 16.5. The van der Waals surface area contributed by atoms with Crippen molar-refractivity contribution < 1.29 is 14.3 Å². The van der Waals surface area contributed by atoms with Gasteiger partial charge < -0.3 is 9.47 Å². The first-order valence-electron chi connectivity index (χ1n) is 6.29. The molecule has 5 nitrogen and oxygen atoms in total. The lowest BCUT2D eigenvalue weighted by Gasteiger charge is -2.06. The Hall–Kier alpha value is -2.04. The molecule has 1 saturated carbocycles. The van der Waals surface area contributed by atoms with Gasteiger partial charge in [0, 0.05) is 5.71 Å². The fraction of sp³-hybridized carbons (Fsp3) is 0.429. The SMILES string of the molecule is COc1ccc(OCC(=O)N/N=C(\C)C2CC2)cc1. The Morgan fingerprint density at radius 1 is 1.32 bits per heavy atom. The van der Waals surface area contributed by atoms with E-state index in [1.807, 2.05) is 6.92 Å². The second-order valence-corrected chi connectivity index (χ2v) is 4.53. The number of benzene rings is 1. The van der Waals surface area contributed by atoms with Crippen LogP contribution in [0.2, 0.25) is 0 Å². The molecule has 0 aliphatic heterocycles. The van der Waals surface area contributed by atoms with Gasteiger partial charge in [0.15, 0.2) is 6.61 Å². The molecule has 0 aromatic heterocycles. The van der Waals surface area contributed by atoms with E-state index in [1.54, 1.807) is 31.4 Å². The predicted molar refractivity (Wildman–Crippen MR) is 72.5 cm³/mol. The number of carbonyl (C=O) groups is 1. The van der Waals surface area contributed by atoms with Crippen LogP contribution >= 0.6 is 0 Å². The summed E-state index contributed by atoms with van der Waals surface area (Å²) in [5.74, 6) is 1.68. The summed E-state index contributed by atoms with van der Waals surface area (Å²) in [4.78, 5) is 11.5. The van der Waals surface area contributed by atoms with Crippen LogP contribution in [0.1, 0.15) is 19.8 Å². The highest BCUT2D eigenvalue weighted by molar-refractivity contribution is 5.88. The lowest BCUT2D eigenvalue weighted by atomic mass is 10.3. The molecule has 102 valence electrons. The number of rotatable bonds is 6. The van der Waals surface area contributed by atoms with E-state index in [-0.39, 0.29) is 12.5 Å². The fourth-order valence-electron chi connectivity index (χ4n) is 1.60. The van der Waals surface area contributed by atoms with Crippen molar-refractivity contribution in [2.75, 3.05) is 13.7 Å². The molecule has 5 heteroatoms. The standard InChI is InChI=1S/C14H18N2O3/c1-10(11-3-4-11)15-16-14(17)9-19-13-7-5-12(18-2)6-8-13/h5-8,11H,3-4,9H2,1-2H3,(H,16,17)/b15-10+. The summed E-state index contributed by atoms with van der Waals surface area (Å²) in [5, 5.41) is 4.04. The molecule has 0 atom stereocenters. The minimum absolute atomic E-state index is 0.0478. The lowest BCUT2D eigenvalue weighted by molar-refractivity contribution is -0.123. The molecule has 0 spiro atoms. The van der Waals surface area contributed by atoms with E-state index in [1.165, 1.54) is 12.8 Å². The first-order valence-corrected chi connectivity index (χ1v) is 6.29. The van der Waals surface area contributed by atoms with Gasteiger partial charge >= 0.3 is 0 Å². The van der Waals surface area contributed by atoms with Crippen molar-refractivity contribution in [1.29, 1.82) is 0 Å².